The third-order valence-corrected chi connectivity index (χ3v) is 4.43. The van der Waals surface area contributed by atoms with Gasteiger partial charge >= 0.3 is 0 Å². The van der Waals surface area contributed by atoms with E-state index in [-0.39, 0.29) is 0 Å². The van der Waals surface area contributed by atoms with E-state index in [0.717, 1.165) is 30.7 Å². The molecule has 2 aromatic heterocycles. The van der Waals surface area contributed by atoms with Crippen molar-refractivity contribution >= 4 is 16.6 Å². The maximum atomic E-state index is 8.95. The summed E-state index contributed by atoms with van der Waals surface area (Å²) >= 11 is 0. The highest BCUT2D eigenvalue weighted by Crippen LogP contribution is 2.32. The summed E-state index contributed by atoms with van der Waals surface area (Å²) in [5, 5.41) is 14.5. The molecule has 1 aliphatic heterocycles. The number of rotatable bonds is 2. The molecule has 0 saturated carbocycles. The highest BCUT2D eigenvalue weighted by molar-refractivity contribution is 5.92. The van der Waals surface area contributed by atoms with Crippen LogP contribution in [0.3, 0.4) is 0 Å². The number of nitriles is 1. The van der Waals surface area contributed by atoms with E-state index in [9.17, 15) is 0 Å². The van der Waals surface area contributed by atoms with Crippen molar-refractivity contribution in [3.05, 3.63) is 54.0 Å². The number of hydrogen-bond acceptors (Lipinski definition) is 4. The lowest BCUT2D eigenvalue weighted by atomic mass is 10.1. The minimum Gasteiger partial charge on any atom is -0.369 e. The number of pyridine rings is 1. The van der Waals surface area contributed by atoms with Gasteiger partial charge in [0.15, 0.2) is 0 Å². The smallest absolute Gasteiger partial charge is 0.102 e. The monoisotopic (exact) mass is 303 g/mol. The van der Waals surface area contributed by atoms with Crippen molar-refractivity contribution in [1.82, 2.24) is 14.8 Å². The molecule has 23 heavy (non-hydrogen) atoms. The maximum Gasteiger partial charge on any atom is 0.102 e. The molecule has 0 bridgehead atoms. The van der Waals surface area contributed by atoms with E-state index >= 15 is 0 Å². The van der Waals surface area contributed by atoms with Crippen molar-refractivity contribution in [2.45, 2.75) is 19.4 Å². The first-order chi connectivity index (χ1) is 11.2. The van der Waals surface area contributed by atoms with Crippen LogP contribution in [0.2, 0.25) is 0 Å². The van der Waals surface area contributed by atoms with Crippen LogP contribution in [0.25, 0.3) is 10.9 Å². The van der Waals surface area contributed by atoms with Crippen LogP contribution in [0.1, 0.15) is 23.7 Å². The van der Waals surface area contributed by atoms with Crippen LogP contribution in [-0.4, -0.2) is 27.9 Å². The summed E-state index contributed by atoms with van der Waals surface area (Å²) in [5.74, 6) is 0. The summed E-state index contributed by atoms with van der Waals surface area (Å²) in [5.41, 5.74) is 3.93. The molecule has 114 valence electrons. The Bertz CT molecular complexity index is 905. The number of nitrogens with zero attached hydrogens (tertiary/aromatic N) is 5. The number of aryl methyl sites for hydroxylation is 1. The van der Waals surface area contributed by atoms with E-state index in [2.05, 4.69) is 45.3 Å². The van der Waals surface area contributed by atoms with Crippen molar-refractivity contribution in [3.63, 3.8) is 0 Å². The molecule has 1 saturated heterocycles. The van der Waals surface area contributed by atoms with Gasteiger partial charge in [0, 0.05) is 36.1 Å². The number of benzene rings is 1. The Kier molecular flexibility index (Phi) is 3.23. The zero-order valence-electron chi connectivity index (χ0n) is 13.0. The molecular formula is C18H17N5. The zero-order chi connectivity index (χ0) is 15.8. The van der Waals surface area contributed by atoms with Crippen LogP contribution in [0, 0.1) is 18.3 Å². The van der Waals surface area contributed by atoms with Gasteiger partial charge in [0.25, 0.3) is 0 Å². The predicted molar refractivity (Wildman–Crippen MR) is 89.3 cm³/mol. The van der Waals surface area contributed by atoms with Crippen molar-refractivity contribution < 1.29 is 0 Å². The Morgan fingerprint density at radius 3 is 3.00 bits per heavy atom. The summed E-state index contributed by atoms with van der Waals surface area (Å²) in [6, 6.07) is 12.9. The fourth-order valence-corrected chi connectivity index (χ4v) is 3.32. The number of para-hydroxylation sites is 1. The number of anilines is 1. The molecular weight excluding hydrogens is 286 g/mol. The van der Waals surface area contributed by atoms with Gasteiger partial charge in [-0.05, 0) is 25.5 Å². The van der Waals surface area contributed by atoms with Crippen molar-refractivity contribution in [1.29, 1.82) is 5.26 Å². The molecule has 1 atom stereocenters. The summed E-state index contributed by atoms with van der Waals surface area (Å²) < 4.78 is 1.93. The average molecular weight is 303 g/mol. The predicted octanol–water partition coefficient (Wildman–Crippen LogP) is 3.06. The summed E-state index contributed by atoms with van der Waals surface area (Å²) in [6.07, 6.45) is 4.50. The Labute approximate surface area is 134 Å². The van der Waals surface area contributed by atoms with Gasteiger partial charge in [-0.25, -0.2) is 0 Å². The van der Waals surface area contributed by atoms with Crippen LogP contribution in [0.4, 0.5) is 5.69 Å². The lowest BCUT2D eigenvalue weighted by Crippen LogP contribution is -2.21. The molecule has 4 rings (SSSR count). The molecule has 3 aromatic rings. The fraction of sp³-hybridized carbons (Fsp3) is 0.278. The van der Waals surface area contributed by atoms with E-state index in [1.54, 1.807) is 6.20 Å². The van der Waals surface area contributed by atoms with E-state index < -0.39 is 0 Å². The molecule has 1 unspecified atom stereocenters. The van der Waals surface area contributed by atoms with Crippen molar-refractivity contribution in [2.24, 2.45) is 0 Å². The standard InChI is InChI=1S/C18H17N5/c1-13-8-18(16-4-2-3-5-17(16)21-13)22-7-6-15(12-22)23-11-14(9-19)10-20-23/h2-5,8,10-11,15H,6-7,12H2,1H3. The number of fused-ring (bicyclic) bond motifs is 1. The molecule has 1 aromatic carbocycles. The second-order valence-electron chi connectivity index (χ2n) is 6.01. The lowest BCUT2D eigenvalue weighted by Gasteiger charge is -2.21. The molecule has 1 aliphatic rings. The highest BCUT2D eigenvalue weighted by atomic mass is 15.3. The minimum atomic E-state index is 0.310. The summed E-state index contributed by atoms with van der Waals surface area (Å²) in [7, 11) is 0. The number of aromatic nitrogens is 3. The summed E-state index contributed by atoms with van der Waals surface area (Å²) in [6.45, 7) is 3.93. The van der Waals surface area contributed by atoms with Crippen LogP contribution in [0.5, 0.6) is 0 Å². The quantitative estimate of drug-likeness (QED) is 0.730. The average Bonchev–Trinajstić information content (AvgIpc) is 3.23. The Morgan fingerprint density at radius 1 is 1.30 bits per heavy atom. The molecule has 3 heterocycles. The van der Waals surface area contributed by atoms with Gasteiger partial charge in [-0.3, -0.25) is 9.67 Å². The van der Waals surface area contributed by atoms with Gasteiger partial charge in [0.1, 0.15) is 6.07 Å². The SMILES string of the molecule is Cc1cc(N2CCC(n3cc(C#N)cn3)C2)c2ccccc2n1. The maximum absolute atomic E-state index is 8.95. The molecule has 0 radical (unpaired) electrons. The highest BCUT2D eigenvalue weighted by Gasteiger charge is 2.26. The first kappa shape index (κ1) is 13.8. The van der Waals surface area contributed by atoms with Gasteiger partial charge in [-0.15, -0.1) is 0 Å². The molecule has 5 nitrogen and oxygen atoms in total. The molecule has 0 spiro atoms. The van der Waals surface area contributed by atoms with Crippen LogP contribution >= 0.6 is 0 Å². The van der Waals surface area contributed by atoms with Crippen molar-refractivity contribution in [2.75, 3.05) is 18.0 Å². The second-order valence-corrected chi connectivity index (χ2v) is 6.01. The fourth-order valence-electron chi connectivity index (χ4n) is 3.32. The third kappa shape index (κ3) is 2.42. The van der Waals surface area contributed by atoms with Gasteiger partial charge in [-0.2, -0.15) is 10.4 Å². The van der Waals surface area contributed by atoms with E-state index in [0.29, 0.717) is 11.6 Å². The topological polar surface area (TPSA) is 57.7 Å². The largest absolute Gasteiger partial charge is 0.369 e. The molecule has 0 amide bonds. The molecule has 0 N–H and O–H groups in total. The Hall–Kier alpha value is -2.87. The van der Waals surface area contributed by atoms with E-state index in [4.69, 9.17) is 5.26 Å². The van der Waals surface area contributed by atoms with E-state index in [1.807, 2.05) is 23.9 Å². The first-order valence-corrected chi connectivity index (χ1v) is 7.80. The minimum absolute atomic E-state index is 0.310. The first-order valence-electron chi connectivity index (χ1n) is 7.80. The molecule has 1 fully saturated rings. The zero-order valence-corrected chi connectivity index (χ0v) is 13.0. The van der Waals surface area contributed by atoms with Gasteiger partial charge < -0.3 is 4.90 Å². The molecule has 0 aliphatic carbocycles. The van der Waals surface area contributed by atoms with Gasteiger partial charge in [0.2, 0.25) is 0 Å². The van der Waals surface area contributed by atoms with Crippen LogP contribution in [0.15, 0.2) is 42.7 Å². The van der Waals surface area contributed by atoms with E-state index in [1.165, 1.54) is 11.1 Å². The molecule has 5 heteroatoms. The van der Waals surface area contributed by atoms with Crippen molar-refractivity contribution in [3.8, 4) is 6.07 Å². The Balaban J connectivity index is 1.66. The van der Waals surface area contributed by atoms with Gasteiger partial charge in [-0.1, -0.05) is 18.2 Å². The number of hydrogen-bond donors (Lipinski definition) is 0. The Morgan fingerprint density at radius 2 is 2.17 bits per heavy atom. The lowest BCUT2D eigenvalue weighted by molar-refractivity contribution is 0.495. The second kappa shape index (κ2) is 5.40. The van der Waals surface area contributed by atoms with Crippen LogP contribution in [-0.2, 0) is 0 Å². The van der Waals surface area contributed by atoms with Gasteiger partial charge in [0.05, 0.1) is 23.3 Å². The third-order valence-electron chi connectivity index (χ3n) is 4.43. The normalized spacial score (nSPS) is 17.6. The van der Waals surface area contributed by atoms with Crippen LogP contribution < -0.4 is 4.90 Å². The summed E-state index contributed by atoms with van der Waals surface area (Å²) in [4.78, 5) is 7.02.